The predicted octanol–water partition coefficient (Wildman–Crippen LogP) is 2.44. The molecule has 4 heteroatoms. The average molecular weight is 244 g/mol. The fourth-order valence-corrected chi connectivity index (χ4v) is 2.03. The van der Waals surface area contributed by atoms with Gasteiger partial charge in [-0.05, 0) is 30.5 Å². The Hall–Kier alpha value is -0.640. The summed E-state index contributed by atoms with van der Waals surface area (Å²) in [7, 11) is 0. The summed E-state index contributed by atoms with van der Waals surface area (Å²) in [6.07, 6.45) is 2.38. The van der Waals surface area contributed by atoms with Gasteiger partial charge >= 0.3 is 0 Å². The second kappa shape index (κ2) is 5.13. The molecule has 1 aromatic carbocycles. The van der Waals surface area contributed by atoms with E-state index in [1.165, 1.54) is 18.9 Å². The third-order valence-electron chi connectivity index (χ3n) is 2.82. The molecule has 0 spiro atoms. The minimum Gasteiger partial charge on any atom is -0.395 e. The summed E-state index contributed by atoms with van der Waals surface area (Å²) in [5.41, 5.74) is 0.992. The second-order valence-corrected chi connectivity index (χ2v) is 4.58. The molecule has 0 saturated heterocycles. The van der Waals surface area contributed by atoms with Crippen LogP contribution in [0.25, 0.3) is 0 Å². The molecule has 0 bridgehead atoms. The highest BCUT2D eigenvalue weighted by atomic mass is 35.5. The minimum atomic E-state index is -0.384. The van der Waals surface area contributed by atoms with Gasteiger partial charge in [-0.1, -0.05) is 17.7 Å². The van der Waals surface area contributed by atoms with Crippen molar-refractivity contribution >= 4 is 11.6 Å². The molecule has 0 aliphatic heterocycles. The first-order valence-corrected chi connectivity index (χ1v) is 5.87. The number of nitrogens with zero attached hydrogens (tertiary/aromatic N) is 1. The van der Waals surface area contributed by atoms with Gasteiger partial charge in [0.15, 0.2) is 0 Å². The molecule has 0 radical (unpaired) electrons. The maximum absolute atomic E-state index is 13.0. The Morgan fingerprint density at radius 1 is 1.44 bits per heavy atom. The molecule has 0 unspecified atom stereocenters. The molecule has 1 aromatic rings. The van der Waals surface area contributed by atoms with Crippen LogP contribution in [-0.4, -0.2) is 29.2 Å². The van der Waals surface area contributed by atoms with E-state index in [1.54, 1.807) is 12.1 Å². The van der Waals surface area contributed by atoms with Crippen LogP contribution in [0.2, 0.25) is 5.02 Å². The zero-order valence-corrected chi connectivity index (χ0v) is 9.75. The van der Waals surface area contributed by atoms with Gasteiger partial charge in [-0.2, -0.15) is 0 Å². The molecule has 1 aliphatic rings. The van der Waals surface area contributed by atoms with Gasteiger partial charge in [0, 0.05) is 19.1 Å². The van der Waals surface area contributed by atoms with E-state index in [2.05, 4.69) is 4.90 Å². The van der Waals surface area contributed by atoms with Crippen LogP contribution in [0.5, 0.6) is 0 Å². The molecule has 1 aliphatic carbocycles. The quantitative estimate of drug-likeness (QED) is 0.859. The zero-order valence-electron chi connectivity index (χ0n) is 9.00. The highest BCUT2D eigenvalue weighted by Crippen LogP contribution is 2.28. The fraction of sp³-hybridized carbons (Fsp3) is 0.500. The van der Waals surface area contributed by atoms with Gasteiger partial charge in [0.25, 0.3) is 0 Å². The molecule has 1 saturated carbocycles. The second-order valence-electron chi connectivity index (χ2n) is 4.17. The molecule has 1 N–H and O–H groups in total. The van der Waals surface area contributed by atoms with Crippen LogP contribution in [0.3, 0.4) is 0 Å². The molecule has 2 nitrogen and oxygen atoms in total. The van der Waals surface area contributed by atoms with Crippen LogP contribution >= 0.6 is 11.6 Å². The van der Waals surface area contributed by atoms with Gasteiger partial charge in [-0.15, -0.1) is 0 Å². The highest BCUT2D eigenvalue weighted by molar-refractivity contribution is 6.30. The maximum Gasteiger partial charge on any atom is 0.141 e. The summed E-state index contributed by atoms with van der Waals surface area (Å²) < 4.78 is 13.0. The summed E-state index contributed by atoms with van der Waals surface area (Å²) in [6, 6.07) is 5.37. The average Bonchev–Trinajstić information content (AvgIpc) is 3.06. The van der Waals surface area contributed by atoms with Crippen molar-refractivity contribution in [1.82, 2.24) is 4.90 Å². The first kappa shape index (κ1) is 11.8. The first-order chi connectivity index (χ1) is 7.70. The number of halogens is 2. The summed E-state index contributed by atoms with van der Waals surface area (Å²) >= 11 is 5.73. The Labute approximate surface area is 99.6 Å². The third-order valence-corrected chi connectivity index (χ3v) is 3.11. The van der Waals surface area contributed by atoms with E-state index in [0.717, 1.165) is 12.1 Å². The van der Waals surface area contributed by atoms with E-state index in [9.17, 15) is 4.39 Å². The van der Waals surface area contributed by atoms with Crippen molar-refractivity contribution < 1.29 is 9.50 Å². The zero-order chi connectivity index (χ0) is 11.5. The van der Waals surface area contributed by atoms with Gasteiger partial charge in [-0.25, -0.2) is 4.39 Å². The Morgan fingerprint density at radius 2 is 2.19 bits per heavy atom. The smallest absolute Gasteiger partial charge is 0.141 e. The monoisotopic (exact) mass is 243 g/mol. The molecule has 0 aromatic heterocycles. The largest absolute Gasteiger partial charge is 0.395 e. The fourth-order valence-electron chi connectivity index (χ4n) is 1.83. The van der Waals surface area contributed by atoms with Crippen molar-refractivity contribution in [2.75, 3.05) is 13.2 Å². The molecule has 16 heavy (non-hydrogen) atoms. The van der Waals surface area contributed by atoms with Gasteiger partial charge in [0.1, 0.15) is 5.82 Å². The number of rotatable bonds is 5. The van der Waals surface area contributed by atoms with Crippen LogP contribution in [0.4, 0.5) is 4.39 Å². The lowest BCUT2D eigenvalue weighted by Gasteiger charge is -2.20. The summed E-state index contributed by atoms with van der Waals surface area (Å²) in [5, 5.41) is 9.13. The summed E-state index contributed by atoms with van der Waals surface area (Å²) in [5.74, 6) is -0.384. The lowest BCUT2D eigenvalue weighted by Crippen LogP contribution is -2.28. The van der Waals surface area contributed by atoms with Crippen molar-refractivity contribution in [3.63, 3.8) is 0 Å². The molecular formula is C12H15ClFNO. The Kier molecular flexibility index (Phi) is 3.79. The van der Waals surface area contributed by atoms with E-state index in [4.69, 9.17) is 16.7 Å². The Balaban J connectivity index is 2.03. The highest BCUT2D eigenvalue weighted by Gasteiger charge is 2.28. The normalized spacial score (nSPS) is 15.8. The van der Waals surface area contributed by atoms with Crippen molar-refractivity contribution in [2.45, 2.75) is 25.4 Å². The summed E-state index contributed by atoms with van der Waals surface area (Å²) in [4.78, 5) is 2.21. The van der Waals surface area contributed by atoms with Crippen LogP contribution in [0, 0.1) is 5.82 Å². The van der Waals surface area contributed by atoms with Crippen molar-refractivity contribution in [3.05, 3.63) is 34.6 Å². The molecule has 1 fully saturated rings. The van der Waals surface area contributed by atoms with Crippen LogP contribution < -0.4 is 0 Å². The number of aliphatic hydroxyl groups is 1. The SMILES string of the molecule is OCCN(Cc1ccc(F)c(Cl)c1)C1CC1. The lowest BCUT2D eigenvalue weighted by atomic mass is 10.2. The minimum absolute atomic E-state index is 0.158. The topological polar surface area (TPSA) is 23.5 Å². The Bertz CT molecular complexity index is 368. The van der Waals surface area contributed by atoms with Gasteiger partial charge < -0.3 is 5.11 Å². The van der Waals surface area contributed by atoms with E-state index in [1.807, 2.05) is 0 Å². The van der Waals surface area contributed by atoms with E-state index >= 15 is 0 Å². The first-order valence-electron chi connectivity index (χ1n) is 5.49. The van der Waals surface area contributed by atoms with Crippen molar-refractivity contribution in [3.8, 4) is 0 Å². The van der Waals surface area contributed by atoms with Crippen LogP contribution in [0.1, 0.15) is 18.4 Å². The van der Waals surface area contributed by atoms with Gasteiger partial charge in [-0.3, -0.25) is 4.90 Å². The maximum atomic E-state index is 13.0. The molecular weight excluding hydrogens is 229 g/mol. The van der Waals surface area contributed by atoms with Crippen molar-refractivity contribution in [1.29, 1.82) is 0 Å². The molecule has 0 atom stereocenters. The summed E-state index contributed by atoms with van der Waals surface area (Å²) in [6.45, 7) is 1.55. The Morgan fingerprint density at radius 3 is 2.75 bits per heavy atom. The van der Waals surface area contributed by atoms with Crippen LogP contribution in [0.15, 0.2) is 18.2 Å². The van der Waals surface area contributed by atoms with E-state index in [-0.39, 0.29) is 17.4 Å². The number of hydrogen-bond donors (Lipinski definition) is 1. The predicted molar refractivity (Wildman–Crippen MR) is 61.9 cm³/mol. The van der Waals surface area contributed by atoms with E-state index < -0.39 is 0 Å². The van der Waals surface area contributed by atoms with Gasteiger partial charge in [0.05, 0.1) is 11.6 Å². The number of hydrogen-bond acceptors (Lipinski definition) is 2. The molecule has 88 valence electrons. The van der Waals surface area contributed by atoms with E-state index in [0.29, 0.717) is 12.6 Å². The lowest BCUT2D eigenvalue weighted by molar-refractivity contribution is 0.183. The van der Waals surface area contributed by atoms with Gasteiger partial charge in [0.2, 0.25) is 0 Å². The third kappa shape index (κ3) is 2.94. The molecule has 2 rings (SSSR count). The van der Waals surface area contributed by atoms with Crippen molar-refractivity contribution in [2.24, 2.45) is 0 Å². The number of aliphatic hydroxyl groups excluding tert-OH is 1. The molecule has 0 heterocycles. The number of benzene rings is 1. The van der Waals surface area contributed by atoms with Crippen LogP contribution in [-0.2, 0) is 6.54 Å². The standard InChI is InChI=1S/C12H15ClFNO/c13-11-7-9(1-4-12(11)14)8-15(5-6-16)10-2-3-10/h1,4,7,10,16H,2-3,5-6,8H2. The molecule has 0 amide bonds.